The SMILES string of the molecule is CN(C)c1ccccc1NC1CC(c2cccc(Br)c2)C1. The van der Waals surface area contributed by atoms with E-state index in [9.17, 15) is 0 Å². The van der Waals surface area contributed by atoms with E-state index in [2.05, 4.69) is 88.8 Å². The van der Waals surface area contributed by atoms with Gasteiger partial charge in [0.05, 0.1) is 11.4 Å². The summed E-state index contributed by atoms with van der Waals surface area (Å²) in [6.07, 6.45) is 2.41. The van der Waals surface area contributed by atoms with Gasteiger partial charge in [-0.05, 0) is 48.6 Å². The second-order valence-electron chi connectivity index (χ2n) is 5.98. The minimum Gasteiger partial charge on any atom is -0.381 e. The van der Waals surface area contributed by atoms with E-state index in [4.69, 9.17) is 0 Å². The average molecular weight is 345 g/mol. The fourth-order valence-electron chi connectivity index (χ4n) is 2.97. The molecule has 1 aliphatic carbocycles. The molecule has 0 saturated heterocycles. The second-order valence-corrected chi connectivity index (χ2v) is 6.89. The molecule has 0 amide bonds. The Kier molecular flexibility index (Phi) is 4.20. The summed E-state index contributed by atoms with van der Waals surface area (Å²) in [7, 11) is 4.18. The standard InChI is InChI=1S/C18H21BrN2/c1-21(2)18-9-4-3-8-17(18)20-16-11-14(12-16)13-6-5-7-15(19)10-13/h3-10,14,16,20H,11-12H2,1-2H3. The van der Waals surface area contributed by atoms with Crippen molar-refractivity contribution in [2.75, 3.05) is 24.3 Å². The van der Waals surface area contributed by atoms with Gasteiger partial charge in [-0.3, -0.25) is 0 Å². The van der Waals surface area contributed by atoms with Gasteiger partial charge < -0.3 is 10.2 Å². The predicted octanol–water partition coefficient (Wildman–Crippen LogP) is 4.87. The van der Waals surface area contributed by atoms with Crippen LogP contribution in [0.5, 0.6) is 0 Å². The molecule has 3 heteroatoms. The van der Waals surface area contributed by atoms with Crippen LogP contribution in [0.1, 0.15) is 24.3 Å². The lowest BCUT2D eigenvalue weighted by atomic mass is 9.76. The zero-order valence-electron chi connectivity index (χ0n) is 12.5. The molecular formula is C18H21BrN2. The summed E-state index contributed by atoms with van der Waals surface area (Å²) < 4.78 is 1.18. The highest BCUT2D eigenvalue weighted by Crippen LogP contribution is 2.40. The lowest BCUT2D eigenvalue weighted by Gasteiger charge is -2.37. The van der Waals surface area contributed by atoms with Gasteiger partial charge in [0.1, 0.15) is 0 Å². The zero-order valence-corrected chi connectivity index (χ0v) is 14.1. The first-order valence-corrected chi connectivity index (χ1v) is 8.21. The number of hydrogen-bond donors (Lipinski definition) is 1. The number of nitrogens with zero attached hydrogens (tertiary/aromatic N) is 1. The Bertz CT molecular complexity index is 618. The normalized spacial score (nSPS) is 20.7. The van der Waals surface area contributed by atoms with Gasteiger partial charge >= 0.3 is 0 Å². The molecule has 0 heterocycles. The third kappa shape index (κ3) is 3.24. The van der Waals surface area contributed by atoms with Gasteiger partial charge in [-0.1, -0.05) is 40.2 Å². The summed E-state index contributed by atoms with van der Waals surface area (Å²) >= 11 is 3.56. The van der Waals surface area contributed by atoms with Crippen LogP contribution < -0.4 is 10.2 Å². The number of rotatable bonds is 4. The van der Waals surface area contributed by atoms with Gasteiger partial charge in [-0.2, -0.15) is 0 Å². The van der Waals surface area contributed by atoms with Gasteiger partial charge in [0, 0.05) is 24.6 Å². The van der Waals surface area contributed by atoms with Crippen molar-refractivity contribution < 1.29 is 0 Å². The lowest BCUT2D eigenvalue weighted by molar-refractivity contribution is 0.374. The number of hydrogen-bond acceptors (Lipinski definition) is 2. The van der Waals surface area contributed by atoms with Crippen molar-refractivity contribution in [2.45, 2.75) is 24.8 Å². The molecule has 21 heavy (non-hydrogen) atoms. The minimum atomic E-state index is 0.579. The molecule has 2 aromatic carbocycles. The molecule has 110 valence electrons. The third-order valence-electron chi connectivity index (χ3n) is 4.20. The largest absolute Gasteiger partial charge is 0.381 e. The Morgan fingerprint density at radius 2 is 1.81 bits per heavy atom. The fraction of sp³-hybridized carbons (Fsp3) is 0.333. The molecule has 0 aromatic heterocycles. The first-order valence-electron chi connectivity index (χ1n) is 7.42. The van der Waals surface area contributed by atoms with Gasteiger partial charge in [0.2, 0.25) is 0 Å². The van der Waals surface area contributed by atoms with E-state index in [1.807, 2.05) is 0 Å². The minimum absolute atomic E-state index is 0.579. The highest BCUT2D eigenvalue weighted by atomic mass is 79.9. The third-order valence-corrected chi connectivity index (χ3v) is 4.70. The first kappa shape index (κ1) is 14.5. The van der Waals surface area contributed by atoms with E-state index in [1.165, 1.54) is 34.3 Å². The molecule has 1 fully saturated rings. The maximum absolute atomic E-state index is 3.69. The highest BCUT2D eigenvalue weighted by Gasteiger charge is 2.30. The van der Waals surface area contributed by atoms with Crippen LogP contribution in [0.2, 0.25) is 0 Å². The van der Waals surface area contributed by atoms with E-state index in [-0.39, 0.29) is 0 Å². The lowest BCUT2D eigenvalue weighted by Crippen LogP contribution is -2.34. The average Bonchev–Trinajstić information content (AvgIpc) is 2.42. The van der Waals surface area contributed by atoms with Crippen LogP contribution in [0.15, 0.2) is 53.0 Å². The summed E-state index contributed by atoms with van der Waals surface area (Å²) in [6, 6.07) is 17.8. The number of nitrogens with one attached hydrogen (secondary N) is 1. The molecule has 2 nitrogen and oxygen atoms in total. The van der Waals surface area contributed by atoms with Crippen molar-refractivity contribution in [1.82, 2.24) is 0 Å². The number of anilines is 2. The van der Waals surface area contributed by atoms with Crippen LogP contribution in [0.4, 0.5) is 11.4 Å². The molecule has 0 atom stereocenters. The van der Waals surface area contributed by atoms with Crippen LogP contribution in [-0.4, -0.2) is 20.1 Å². The van der Waals surface area contributed by atoms with Gasteiger partial charge in [-0.25, -0.2) is 0 Å². The summed E-state index contributed by atoms with van der Waals surface area (Å²) in [6.45, 7) is 0. The molecule has 1 N–H and O–H groups in total. The summed E-state index contributed by atoms with van der Waals surface area (Å²) in [5.74, 6) is 0.687. The van der Waals surface area contributed by atoms with Crippen LogP contribution in [0.3, 0.4) is 0 Å². The number of benzene rings is 2. The quantitative estimate of drug-likeness (QED) is 0.850. The van der Waals surface area contributed by atoms with Gasteiger partial charge in [0.25, 0.3) is 0 Å². The molecule has 0 radical (unpaired) electrons. The predicted molar refractivity (Wildman–Crippen MR) is 94.3 cm³/mol. The van der Waals surface area contributed by atoms with Crippen LogP contribution in [0, 0.1) is 0 Å². The maximum atomic E-state index is 3.69. The van der Waals surface area contributed by atoms with Crippen LogP contribution in [-0.2, 0) is 0 Å². The molecule has 1 aliphatic rings. The maximum Gasteiger partial charge on any atom is 0.0596 e. The Balaban J connectivity index is 1.63. The van der Waals surface area contributed by atoms with Crippen molar-refractivity contribution in [2.24, 2.45) is 0 Å². The molecule has 2 aromatic rings. The second kappa shape index (κ2) is 6.10. The van der Waals surface area contributed by atoms with Crippen LogP contribution >= 0.6 is 15.9 Å². The molecule has 0 bridgehead atoms. The van der Waals surface area contributed by atoms with Crippen molar-refractivity contribution in [3.8, 4) is 0 Å². The Labute approximate surface area is 135 Å². The van der Waals surface area contributed by atoms with Crippen molar-refractivity contribution in [3.63, 3.8) is 0 Å². The molecular weight excluding hydrogens is 324 g/mol. The van der Waals surface area contributed by atoms with E-state index in [0.717, 1.165) is 0 Å². The topological polar surface area (TPSA) is 15.3 Å². The van der Waals surface area contributed by atoms with Crippen molar-refractivity contribution in [1.29, 1.82) is 0 Å². The Hall–Kier alpha value is -1.48. The number of para-hydroxylation sites is 2. The smallest absolute Gasteiger partial charge is 0.0596 e. The molecule has 0 unspecified atom stereocenters. The molecule has 3 rings (SSSR count). The molecule has 1 saturated carbocycles. The van der Waals surface area contributed by atoms with E-state index in [0.29, 0.717) is 12.0 Å². The highest BCUT2D eigenvalue weighted by molar-refractivity contribution is 9.10. The Morgan fingerprint density at radius 1 is 1.05 bits per heavy atom. The summed E-state index contributed by atoms with van der Waals surface area (Å²) in [4.78, 5) is 2.16. The Morgan fingerprint density at radius 3 is 2.52 bits per heavy atom. The molecule has 0 aliphatic heterocycles. The van der Waals surface area contributed by atoms with E-state index in [1.54, 1.807) is 0 Å². The van der Waals surface area contributed by atoms with Gasteiger partial charge in [0.15, 0.2) is 0 Å². The van der Waals surface area contributed by atoms with Crippen molar-refractivity contribution in [3.05, 3.63) is 58.6 Å². The van der Waals surface area contributed by atoms with Crippen molar-refractivity contribution >= 4 is 27.3 Å². The number of halogens is 1. The monoisotopic (exact) mass is 344 g/mol. The summed E-state index contributed by atoms with van der Waals surface area (Å²) in [5.41, 5.74) is 3.94. The first-order chi connectivity index (χ1) is 10.1. The fourth-order valence-corrected chi connectivity index (χ4v) is 3.39. The van der Waals surface area contributed by atoms with E-state index < -0.39 is 0 Å². The molecule has 0 spiro atoms. The zero-order chi connectivity index (χ0) is 14.8. The van der Waals surface area contributed by atoms with Gasteiger partial charge in [-0.15, -0.1) is 0 Å². The van der Waals surface area contributed by atoms with E-state index >= 15 is 0 Å². The van der Waals surface area contributed by atoms with Crippen LogP contribution in [0.25, 0.3) is 0 Å². The summed E-state index contributed by atoms with van der Waals surface area (Å²) in [5, 5.41) is 3.69.